The Balaban J connectivity index is 1.33. The first-order valence-corrected chi connectivity index (χ1v) is 10.9. The van der Waals surface area contributed by atoms with Crippen molar-refractivity contribution in [1.82, 2.24) is 25.1 Å². The van der Waals surface area contributed by atoms with Gasteiger partial charge in [0, 0.05) is 36.3 Å². The Hall–Kier alpha value is -3.22. The summed E-state index contributed by atoms with van der Waals surface area (Å²) in [5.41, 5.74) is 4.59. The van der Waals surface area contributed by atoms with E-state index >= 15 is 0 Å². The van der Waals surface area contributed by atoms with Crippen LogP contribution in [-0.4, -0.2) is 32.2 Å². The minimum absolute atomic E-state index is 0.0386. The minimum Gasteiger partial charge on any atom is -0.356 e. The Morgan fingerprint density at radius 3 is 2.71 bits per heavy atom. The highest BCUT2D eigenvalue weighted by molar-refractivity contribution is 5.75. The number of carbonyl (C=O) groups excluding carboxylic acids is 1. The van der Waals surface area contributed by atoms with Crippen LogP contribution in [0.2, 0.25) is 0 Å². The topological polar surface area (TPSA) is 92.7 Å². The average molecular weight is 420 g/mol. The molecule has 0 saturated carbocycles. The summed E-state index contributed by atoms with van der Waals surface area (Å²) in [6.45, 7) is 5.17. The predicted octanol–water partition coefficient (Wildman–Crippen LogP) is 2.95. The van der Waals surface area contributed by atoms with Gasteiger partial charge in [-0.2, -0.15) is 5.10 Å². The lowest BCUT2D eigenvalue weighted by atomic mass is 10.00. The molecule has 1 amide bonds. The molecule has 1 unspecified atom stereocenters. The molecular weight excluding hydrogens is 390 g/mol. The van der Waals surface area contributed by atoms with E-state index in [2.05, 4.69) is 15.4 Å². The number of hydrogen-bond donors (Lipinski definition) is 2. The van der Waals surface area contributed by atoms with Gasteiger partial charge in [-0.25, -0.2) is 4.98 Å². The Kier molecular flexibility index (Phi) is 6.30. The zero-order valence-corrected chi connectivity index (χ0v) is 18.1. The first kappa shape index (κ1) is 21.0. The Morgan fingerprint density at radius 1 is 1.19 bits per heavy atom. The smallest absolute Gasteiger partial charge is 0.254 e. The lowest BCUT2D eigenvalue weighted by Crippen LogP contribution is -2.30. The number of hydrogen-bond acceptors (Lipinski definition) is 4. The Labute approximate surface area is 181 Å². The summed E-state index contributed by atoms with van der Waals surface area (Å²) in [6, 6.07) is 11.7. The number of rotatable bonds is 6. The van der Waals surface area contributed by atoms with Crippen molar-refractivity contribution in [3.05, 3.63) is 69.4 Å². The van der Waals surface area contributed by atoms with E-state index < -0.39 is 0 Å². The summed E-state index contributed by atoms with van der Waals surface area (Å²) < 4.78 is 1.87. The largest absolute Gasteiger partial charge is 0.356 e. The molecule has 2 aromatic heterocycles. The summed E-state index contributed by atoms with van der Waals surface area (Å²) in [5.74, 6) is 1.00. The number of fused-ring (bicyclic) bond motifs is 1. The monoisotopic (exact) mass is 419 g/mol. The summed E-state index contributed by atoms with van der Waals surface area (Å²) in [4.78, 5) is 32.7. The molecule has 3 aromatic rings. The second-order valence-corrected chi connectivity index (χ2v) is 8.35. The number of amides is 1. The van der Waals surface area contributed by atoms with Crippen molar-refractivity contribution >= 4 is 5.91 Å². The number of benzene rings is 1. The zero-order chi connectivity index (χ0) is 21.8. The fourth-order valence-corrected chi connectivity index (χ4v) is 4.23. The molecular formula is C24H29N5O2. The molecule has 7 heteroatoms. The molecule has 0 radical (unpaired) electrons. The van der Waals surface area contributed by atoms with Gasteiger partial charge in [-0.05, 0) is 51.5 Å². The molecule has 0 bridgehead atoms. The van der Waals surface area contributed by atoms with Gasteiger partial charge >= 0.3 is 0 Å². The number of aromatic amines is 1. The van der Waals surface area contributed by atoms with Crippen molar-refractivity contribution in [3.8, 4) is 11.4 Å². The number of nitrogens with one attached hydrogen (secondary N) is 2. The molecule has 1 aliphatic rings. The highest BCUT2D eigenvalue weighted by Crippen LogP contribution is 2.23. The van der Waals surface area contributed by atoms with Gasteiger partial charge in [0.15, 0.2) is 0 Å². The average Bonchev–Trinajstić information content (AvgIpc) is 2.96. The van der Waals surface area contributed by atoms with Gasteiger partial charge in [0.1, 0.15) is 5.82 Å². The quantitative estimate of drug-likeness (QED) is 0.601. The highest BCUT2D eigenvalue weighted by atomic mass is 16.1. The summed E-state index contributed by atoms with van der Waals surface area (Å²) >= 11 is 0. The van der Waals surface area contributed by atoms with Crippen molar-refractivity contribution in [3.63, 3.8) is 0 Å². The maximum atomic E-state index is 12.7. The van der Waals surface area contributed by atoms with Crippen LogP contribution in [0.1, 0.15) is 41.9 Å². The van der Waals surface area contributed by atoms with Crippen molar-refractivity contribution < 1.29 is 4.79 Å². The van der Waals surface area contributed by atoms with Gasteiger partial charge in [-0.3, -0.25) is 14.3 Å². The van der Waals surface area contributed by atoms with E-state index in [1.54, 1.807) is 0 Å². The molecule has 0 aliphatic heterocycles. The van der Waals surface area contributed by atoms with Crippen molar-refractivity contribution in [2.45, 2.75) is 52.5 Å². The van der Waals surface area contributed by atoms with Crippen LogP contribution in [0.5, 0.6) is 0 Å². The fraction of sp³-hybridized carbons (Fsp3) is 0.417. The van der Waals surface area contributed by atoms with Crippen LogP contribution in [0.15, 0.2) is 41.2 Å². The van der Waals surface area contributed by atoms with E-state index in [0.29, 0.717) is 37.7 Å². The number of aromatic nitrogens is 4. The Morgan fingerprint density at radius 2 is 1.97 bits per heavy atom. The predicted molar refractivity (Wildman–Crippen MR) is 120 cm³/mol. The van der Waals surface area contributed by atoms with Crippen molar-refractivity contribution in [2.75, 3.05) is 6.54 Å². The molecule has 4 rings (SSSR count). The lowest BCUT2D eigenvalue weighted by Gasteiger charge is -2.14. The number of H-pyrrole nitrogens is 1. The molecule has 1 aliphatic carbocycles. The molecule has 1 aromatic carbocycles. The van der Waals surface area contributed by atoms with Crippen molar-refractivity contribution in [2.24, 2.45) is 5.92 Å². The third-order valence-electron chi connectivity index (χ3n) is 5.98. The van der Waals surface area contributed by atoms with E-state index in [0.717, 1.165) is 47.5 Å². The molecule has 2 heterocycles. The normalized spacial score (nSPS) is 15.9. The van der Waals surface area contributed by atoms with Gasteiger partial charge in [-0.15, -0.1) is 0 Å². The number of nitrogens with zero attached hydrogens (tertiary/aromatic N) is 3. The third kappa shape index (κ3) is 5.10. The highest BCUT2D eigenvalue weighted by Gasteiger charge is 2.21. The maximum Gasteiger partial charge on any atom is 0.254 e. The molecule has 0 spiro atoms. The molecule has 0 saturated heterocycles. The van der Waals surface area contributed by atoms with Crippen LogP contribution in [0.4, 0.5) is 0 Å². The minimum atomic E-state index is -0.0431. The third-order valence-corrected chi connectivity index (χ3v) is 5.98. The number of aryl methyl sites for hydroxylation is 4. The molecule has 7 nitrogen and oxygen atoms in total. The zero-order valence-electron chi connectivity index (χ0n) is 18.1. The first-order chi connectivity index (χ1) is 15.0. The summed E-state index contributed by atoms with van der Waals surface area (Å²) in [7, 11) is 0. The second kappa shape index (κ2) is 9.29. The van der Waals surface area contributed by atoms with Crippen LogP contribution in [0, 0.1) is 19.8 Å². The van der Waals surface area contributed by atoms with E-state index in [1.165, 1.54) is 0 Å². The van der Waals surface area contributed by atoms with Gasteiger partial charge in [0.05, 0.1) is 11.4 Å². The van der Waals surface area contributed by atoms with Gasteiger partial charge in [0.25, 0.3) is 5.56 Å². The molecule has 2 N–H and O–H groups in total. The van der Waals surface area contributed by atoms with Crippen LogP contribution in [-0.2, 0) is 24.2 Å². The molecule has 162 valence electrons. The first-order valence-electron chi connectivity index (χ1n) is 10.9. The van der Waals surface area contributed by atoms with Crippen LogP contribution >= 0.6 is 0 Å². The van der Waals surface area contributed by atoms with Crippen LogP contribution < -0.4 is 10.9 Å². The summed E-state index contributed by atoms with van der Waals surface area (Å²) in [6.07, 6.45) is 3.65. The number of carbonyl (C=O) groups is 1. The maximum absolute atomic E-state index is 12.7. The standard InChI is InChI=1S/C24H29N5O2/c1-16-14-17(2)29(28-16)13-12-22(30)25-15-18-8-10-20-21(11-9-18)26-23(27-24(20)31)19-6-4-3-5-7-19/h3-7,14,18H,8-13,15H2,1-2H3,(H,25,30)(H,26,27,31). The van der Waals surface area contributed by atoms with Crippen LogP contribution in [0.25, 0.3) is 11.4 Å². The van der Waals surface area contributed by atoms with Gasteiger partial charge < -0.3 is 10.3 Å². The Bertz CT molecular complexity index is 1120. The molecule has 31 heavy (non-hydrogen) atoms. The van der Waals surface area contributed by atoms with Gasteiger partial charge in [0.2, 0.25) is 5.91 Å². The fourth-order valence-electron chi connectivity index (χ4n) is 4.23. The van der Waals surface area contributed by atoms with E-state index in [4.69, 9.17) is 4.98 Å². The lowest BCUT2D eigenvalue weighted by molar-refractivity contribution is -0.121. The SMILES string of the molecule is Cc1cc(C)n(CCC(=O)NCC2CCc3nc(-c4ccccc4)[nH]c(=O)c3CC2)n1. The van der Waals surface area contributed by atoms with Crippen molar-refractivity contribution in [1.29, 1.82) is 0 Å². The van der Waals surface area contributed by atoms with Gasteiger partial charge in [-0.1, -0.05) is 30.3 Å². The molecule has 1 atom stereocenters. The second-order valence-electron chi connectivity index (χ2n) is 8.35. The van der Waals surface area contributed by atoms with E-state index in [9.17, 15) is 9.59 Å². The van der Waals surface area contributed by atoms with Crippen LogP contribution in [0.3, 0.4) is 0 Å². The molecule has 0 fully saturated rings. The van der Waals surface area contributed by atoms with E-state index in [-0.39, 0.29) is 11.5 Å². The summed E-state index contributed by atoms with van der Waals surface area (Å²) in [5, 5.41) is 7.47. The van der Waals surface area contributed by atoms with E-state index in [1.807, 2.05) is 54.9 Å².